The molecule has 0 spiro atoms. The quantitative estimate of drug-likeness (QED) is 0.706. The van der Waals surface area contributed by atoms with Crippen molar-refractivity contribution in [1.29, 1.82) is 0 Å². The number of carboxylic acids is 1. The van der Waals surface area contributed by atoms with E-state index in [1.54, 1.807) is 36.6 Å². The lowest BCUT2D eigenvalue weighted by Gasteiger charge is -2.06. The van der Waals surface area contributed by atoms with Crippen LogP contribution in [0.5, 0.6) is 0 Å². The predicted octanol–water partition coefficient (Wildman–Crippen LogP) is 1.81. The monoisotopic (exact) mass is 188 g/mol. The molecule has 0 atom stereocenters. The van der Waals surface area contributed by atoms with E-state index in [4.69, 9.17) is 5.11 Å². The minimum absolute atomic E-state index is 0.275. The van der Waals surface area contributed by atoms with E-state index >= 15 is 0 Å². The van der Waals surface area contributed by atoms with Crippen molar-refractivity contribution in [3.8, 4) is 0 Å². The fraction of sp³-hybridized carbons (Fsp3) is 0. The third-order valence-electron chi connectivity index (χ3n) is 1.95. The summed E-state index contributed by atoms with van der Waals surface area (Å²) >= 11 is 0. The highest BCUT2D eigenvalue weighted by molar-refractivity contribution is 5.97. The van der Waals surface area contributed by atoms with Crippen molar-refractivity contribution in [2.75, 3.05) is 5.43 Å². The molecule has 1 aromatic rings. The molecule has 0 amide bonds. The highest BCUT2D eigenvalue weighted by Gasteiger charge is 2.11. The van der Waals surface area contributed by atoms with E-state index in [0.29, 0.717) is 11.3 Å². The van der Waals surface area contributed by atoms with Crippen LogP contribution in [0.15, 0.2) is 29.4 Å². The van der Waals surface area contributed by atoms with Gasteiger partial charge in [0.1, 0.15) is 0 Å². The first kappa shape index (κ1) is 8.50. The van der Waals surface area contributed by atoms with Gasteiger partial charge < -0.3 is 5.11 Å². The van der Waals surface area contributed by atoms with Gasteiger partial charge in [-0.3, -0.25) is 5.43 Å². The van der Waals surface area contributed by atoms with Gasteiger partial charge in [0, 0.05) is 11.8 Å². The first-order valence-electron chi connectivity index (χ1n) is 4.11. The van der Waals surface area contributed by atoms with Crippen molar-refractivity contribution in [3.63, 3.8) is 0 Å². The fourth-order valence-electron chi connectivity index (χ4n) is 1.32. The highest BCUT2D eigenvalue weighted by Crippen LogP contribution is 2.22. The third-order valence-corrected chi connectivity index (χ3v) is 1.95. The van der Waals surface area contributed by atoms with Gasteiger partial charge in [0.05, 0.1) is 11.3 Å². The van der Waals surface area contributed by atoms with Crippen molar-refractivity contribution >= 4 is 23.9 Å². The summed E-state index contributed by atoms with van der Waals surface area (Å²) in [5.74, 6) is -0.935. The van der Waals surface area contributed by atoms with Crippen LogP contribution in [-0.2, 0) is 0 Å². The SMILES string of the molecule is O=C(O)c1cccc2c1C=CC=NN2. The average Bonchev–Trinajstić information content (AvgIpc) is 2.41. The average molecular weight is 188 g/mol. The molecule has 0 aromatic heterocycles. The van der Waals surface area contributed by atoms with Crippen molar-refractivity contribution < 1.29 is 9.90 Å². The summed E-state index contributed by atoms with van der Waals surface area (Å²) in [6, 6.07) is 5.04. The minimum atomic E-state index is -0.935. The van der Waals surface area contributed by atoms with Gasteiger partial charge >= 0.3 is 5.97 Å². The largest absolute Gasteiger partial charge is 0.478 e. The molecular formula is C10H8N2O2. The Bertz CT molecular complexity index is 436. The summed E-state index contributed by atoms with van der Waals surface area (Å²) in [4.78, 5) is 10.9. The van der Waals surface area contributed by atoms with Crippen LogP contribution in [0.2, 0.25) is 0 Å². The number of benzene rings is 1. The molecule has 0 radical (unpaired) electrons. The van der Waals surface area contributed by atoms with Crippen LogP contribution in [0.4, 0.5) is 5.69 Å². The minimum Gasteiger partial charge on any atom is -0.478 e. The second kappa shape index (κ2) is 3.33. The zero-order valence-corrected chi connectivity index (χ0v) is 7.27. The van der Waals surface area contributed by atoms with Gasteiger partial charge in [-0.25, -0.2) is 4.79 Å². The molecule has 2 rings (SSSR count). The number of hydrazone groups is 1. The van der Waals surface area contributed by atoms with Gasteiger partial charge in [-0.15, -0.1) is 0 Å². The fourth-order valence-corrected chi connectivity index (χ4v) is 1.32. The van der Waals surface area contributed by atoms with Crippen LogP contribution >= 0.6 is 0 Å². The molecule has 0 saturated heterocycles. The normalized spacial score (nSPS) is 12.9. The van der Waals surface area contributed by atoms with Gasteiger partial charge in [-0.05, 0) is 18.2 Å². The molecule has 2 N–H and O–H groups in total. The zero-order chi connectivity index (χ0) is 9.97. The maximum Gasteiger partial charge on any atom is 0.336 e. The van der Waals surface area contributed by atoms with Crippen molar-refractivity contribution in [2.24, 2.45) is 5.10 Å². The Balaban J connectivity index is 2.61. The molecule has 14 heavy (non-hydrogen) atoms. The Hall–Kier alpha value is -2.10. The van der Waals surface area contributed by atoms with Gasteiger partial charge in [-0.1, -0.05) is 12.1 Å². The van der Waals surface area contributed by atoms with Crippen LogP contribution in [0.3, 0.4) is 0 Å². The summed E-state index contributed by atoms with van der Waals surface area (Å²) in [6.45, 7) is 0. The molecule has 1 aromatic carbocycles. The van der Waals surface area contributed by atoms with Crippen molar-refractivity contribution in [3.05, 3.63) is 35.4 Å². The van der Waals surface area contributed by atoms with Crippen LogP contribution in [0, 0.1) is 0 Å². The summed E-state index contributed by atoms with van der Waals surface area (Å²) in [7, 11) is 0. The van der Waals surface area contributed by atoms with Gasteiger partial charge in [0.2, 0.25) is 0 Å². The van der Waals surface area contributed by atoms with Crippen LogP contribution in [0.1, 0.15) is 15.9 Å². The van der Waals surface area contributed by atoms with Crippen molar-refractivity contribution in [2.45, 2.75) is 0 Å². The molecule has 0 unspecified atom stereocenters. The predicted molar refractivity (Wildman–Crippen MR) is 54.6 cm³/mol. The third kappa shape index (κ3) is 1.37. The lowest BCUT2D eigenvalue weighted by Crippen LogP contribution is -2.01. The van der Waals surface area contributed by atoms with Crippen LogP contribution in [0.25, 0.3) is 6.08 Å². The number of nitrogens with one attached hydrogen (secondary N) is 1. The van der Waals surface area contributed by atoms with Gasteiger partial charge in [0.15, 0.2) is 0 Å². The summed E-state index contributed by atoms with van der Waals surface area (Å²) in [5.41, 5.74) is 4.39. The molecule has 0 fully saturated rings. The number of carboxylic acid groups (broad SMARTS) is 1. The molecule has 1 aliphatic heterocycles. The zero-order valence-electron chi connectivity index (χ0n) is 7.27. The highest BCUT2D eigenvalue weighted by atomic mass is 16.4. The molecule has 70 valence electrons. The van der Waals surface area contributed by atoms with Crippen LogP contribution in [-0.4, -0.2) is 17.3 Å². The molecule has 1 aliphatic rings. The molecule has 0 bridgehead atoms. The van der Waals surface area contributed by atoms with E-state index < -0.39 is 5.97 Å². The number of hydrogen-bond acceptors (Lipinski definition) is 3. The van der Waals surface area contributed by atoms with Gasteiger partial charge in [0.25, 0.3) is 0 Å². The van der Waals surface area contributed by atoms with E-state index in [2.05, 4.69) is 10.5 Å². The molecule has 4 heteroatoms. The number of anilines is 1. The van der Waals surface area contributed by atoms with E-state index in [1.807, 2.05) is 0 Å². The Morgan fingerprint density at radius 1 is 1.43 bits per heavy atom. The molecule has 0 saturated carbocycles. The summed E-state index contributed by atoms with van der Waals surface area (Å²) < 4.78 is 0. The Labute approximate surface area is 80.6 Å². The molecule has 0 aliphatic carbocycles. The first-order chi connectivity index (χ1) is 6.79. The summed E-state index contributed by atoms with van der Waals surface area (Å²) in [5, 5.41) is 12.8. The standard InChI is InChI=1S/C10H8N2O2/c13-10(14)8-3-1-5-9-7(8)4-2-6-11-12-9/h1-6,12H,(H,13,14). The number of carbonyl (C=O) groups is 1. The number of rotatable bonds is 1. The second-order valence-corrected chi connectivity index (χ2v) is 2.82. The Morgan fingerprint density at radius 3 is 3.07 bits per heavy atom. The Kier molecular flexibility index (Phi) is 2.02. The lowest BCUT2D eigenvalue weighted by atomic mass is 10.1. The van der Waals surface area contributed by atoms with Crippen LogP contribution < -0.4 is 5.43 Å². The number of aromatic carboxylic acids is 1. The molecule has 1 heterocycles. The smallest absolute Gasteiger partial charge is 0.336 e. The summed E-state index contributed by atoms with van der Waals surface area (Å²) in [6.07, 6.45) is 5.00. The Morgan fingerprint density at radius 2 is 2.29 bits per heavy atom. The number of allylic oxidation sites excluding steroid dienone is 1. The maximum absolute atomic E-state index is 10.9. The van der Waals surface area contributed by atoms with E-state index in [1.165, 1.54) is 0 Å². The lowest BCUT2D eigenvalue weighted by molar-refractivity contribution is 0.0696. The number of hydrogen-bond donors (Lipinski definition) is 2. The second-order valence-electron chi connectivity index (χ2n) is 2.82. The first-order valence-corrected chi connectivity index (χ1v) is 4.11. The maximum atomic E-state index is 10.9. The number of fused-ring (bicyclic) bond motifs is 1. The topological polar surface area (TPSA) is 61.7 Å². The van der Waals surface area contributed by atoms with Crippen molar-refractivity contribution in [1.82, 2.24) is 0 Å². The van der Waals surface area contributed by atoms with E-state index in [-0.39, 0.29) is 5.56 Å². The molecule has 4 nitrogen and oxygen atoms in total. The van der Waals surface area contributed by atoms with Gasteiger partial charge in [-0.2, -0.15) is 5.10 Å². The molecular weight excluding hydrogens is 180 g/mol. The van der Waals surface area contributed by atoms with E-state index in [9.17, 15) is 4.79 Å². The van der Waals surface area contributed by atoms with E-state index in [0.717, 1.165) is 0 Å². The number of nitrogens with zero attached hydrogens (tertiary/aromatic N) is 1.